The molecule has 0 bridgehead atoms. The smallest absolute Gasteiger partial charge is 0.267 e. The van der Waals surface area contributed by atoms with Crippen LogP contribution in [0.3, 0.4) is 0 Å². The van der Waals surface area contributed by atoms with Crippen molar-refractivity contribution in [3.8, 4) is 0 Å². The summed E-state index contributed by atoms with van der Waals surface area (Å²) in [6, 6.07) is 9.79. The maximum atomic E-state index is 12.3. The Bertz CT molecular complexity index is 655. The number of fused-ring (bicyclic) bond motifs is 1. The molecule has 116 valence electrons. The highest BCUT2D eigenvalue weighted by atomic mass is 16.7. The van der Waals surface area contributed by atoms with Crippen LogP contribution in [0.1, 0.15) is 29.8 Å². The molecule has 1 aliphatic carbocycles. The molecule has 1 spiro atoms. The van der Waals surface area contributed by atoms with Gasteiger partial charge in [0.2, 0.25) is 0 Å². The Morgan fingerprint density at radius 2 is 2.14 bits per heavy atom. The van der Waals surface area contributed by atoms with Gasteiger partial charge in [0.15, 0.2) is 5.79 Å². The van der Waals surface area contributed by atoms with Crippen LogP contribution in [-0.2, 0) is 9.47 Å². The predicted octanol–water partition coefficient (Wildman–Crippen LogP) is 2.44. The molecule has 1 amide bonds. The van der Waals surface area contributed by atoms with Crippen LogP contribution in [0.4, 0.5) is 0 Å². The first-order chi connectivity index (χ1) is 10.7. The summed E-state index contributed by atoms with van der Waals surface area (Å²) in [5, 5.41) is 4.08. The number of benzene rings is 1. The van der Waals surface area contributed by atoms with Gasteiger partial charge in [-0.2, -0.15) is 0 Å². The minimum absolute atomic E-state index is 0.0505. The minimum Gasteiger partial charge on any atom is -0.351 e. The Labute approximate surface area is 129 Å². The van der Waals surface area contributed by atoms with E-state index < -0.39 is 0 Å². The number of para-hydroxylation sites is 1. The third-order valence-electron chi connectivity index (χ3n) is 4.67. The van der Waals surface area contributed by atoms with Crippen molar-refractivity contribution in [3.05, 3.63) is 36.0 Å². The molecule has 2 N–H and O–H groups in total. The Morgan fingerprint density at radius 3 is 2.95 bits per heavy atom. The molecule has 2 fully saturated rings. The Balaban J connectivity index is 1.36. The highest BCUT2D eigenvalue weighted by Crippen LogP contribution is 2.40. The molecular formula is C17H20N2O3. The van der Waals surface area contributed by atoms with E-state index >= 15 is 0 Å². The van der Waals surface area contributed by atoms with E-state index in [9.17, 15) is 4.79 Å². The van der Waals surface area contributed by atoms with Crippen LogP contribution in [0, 0.1) is 5.92 Å². The van der Waals surface area contributed by atoms with E-state index in [0.717, 1.165) is 30.2 Å². The van der Waals surface area contributed by atoms with E-state index in [-0.39, 0.29) is 11.7 Å². The molecule has 1 unspecified atom stereocenters. The van der Waals surface area contributed by atoms with Gasteiger partial charge >= 0.3 is 0 Å². The predicted molar refractivity (Wildman–Crippen MR) is 82.6 cm³/mol. The lowest BCUT2D eigenvalue weighted by molar-refractivity contribution is -0.152. The molecule has 5 nitrogen and oxygen atoms in total. The van der Waals surface area contributed by atoms with Crippen molar-refractivity contribution in [2.75, 3.05) is 19.8 Å². The summed E-state index contributed by atoms with van der Waals surface area (Å²) in [5.41, 5.74) is 1.60. The van der Waals surface area contributed by atoms with Crippen LogP contribution in [-0.4, -0.2) is 36.4 Å². The van der Waals surface area contributed by atoms with Crippen LogP contribution in [0.5, 0.6) is 0 Å². The van der Waals surface area contributed by atoms with Gasteiger partial charge in [-0.25, -0.2) is 0 Å². The van der Waals surface area contributed by atoms with Crippen molar-refractivity contribution in [3.63, 3.8) is 0 Å². The number of ether oxygens (including phenoxy) is 2. The van der Waals surface area contributed by atoms with Gasteiger partial charge in [-0.3, -0.25) is 4.79 Å². The summed E-state index contributed by atoms with van der Waals surface area (Å²) >= 11 is 0. The van der Waals surface area contributed by atoms with E-state index in [1.54, 1.807) is 0 Å². The van der Waals surface area contributed by atoms with E-state index in [0.29, 0.717) is 31.4 Å². The molecule has 1 atom stereocenters. The maximum absolute atomic E-state index is 12.3. The van der Waals surface area contributed by atoms with Crippen molar-refractivity contribution in [1.29, 1.82) is 0 Å². The van der Waals surface area contributed by atoms with E-state index in [1.165, 1.54) is 0 Å². The molecule has 1 saturated heterocycles. The van der Waals surface area contributed by atoms with Gasteiger partial charge in [0.1, 0.15) is 5.69 Å². The summed E-state index contributed by atoms with van der Waals surface area (Å²) in [6.07, 6.45) is 2.84. The summed E-state index contributed by atoms with van der Waals surface area (Å²) in [5.74, 6) is 0.00749. The molecular weight excluding hydrogens is 280 g/mol. The lowest BCUT2D eigenvalue weighted by Crippen LogP contribution is -2.31. The number of carbonyl (C=O) groups is 1. The zero-order chi connectivity index (χ0) is 15.0. The first kappa shape index (κ1) is 13.8. The molecule has 4 rings (SSSR count). The van der Waals surface area contributed by atoms with Crippen LogP contribution < -0.4 is 5.32 Å². The minimum atomic E-state index is -0.365. The number of amides is 1. The summed E-state index contributed by atoms with van der Waals surface area (Å²) in [7, 11) is 0. The Hall–Kier alpha value is -1.85. The number of hydrogen-bond acceptors (Lipinski definition) is 3. The van der Waals surface area contributed by atoms with Gasteiger partial charge in [-0.15, -0.1) is 0 Å². The van der Waals surface area contributed by atoms with Gasteiger partial charge in [0.25, 0.3) is 5.91 Å². The van der Waals surface area contributed by atoms with Crippen molar-refractivity contribution in [1.82, 2.24) is 10.3 Å². The monoisotopic (exact) mass is 300 g/mol. The van der Waals surface area contributed by atoms with Gasteiger partial charge in [0.05, 0.1) is 13.2 Å². The first-order valence-electron chi connectivity index (χ1n) is 7.88. The highest BCUT2D eigenvalue weighted by Gasteiger charge is 2.43. The van der Waals surface area contributed by atoms with Crippen LogP contribution in [0.15, 0.2) is 30.3 Å². The number of rotatable bonds is 3. The van der Waals surface area contributed by atoms with Crippen LogP contribution in [0.2, 0.25) is 0 Å². The van der Waals surface area contributed by atoms with Crippen LogP contribution >= 0.6 is 0 Å². The second-order valence-corrected chi connectivity index (χ2v) is 6.20. The molecule has 0 radical (unpaired) electrons. The van der Waals surface area contributed by atoms with Gasteiger partial charge in [-0.1, -0.05) is 18.2 Å². The normalized spacial score (nSPS) is 23.4. The average molecular weight is 300 g/mol. The lowest BCUT2D eigenvalue weighted by atomic mass is 10.1. The second-order valence-electron chi connectivity index (χ2n) is 6.20. The zero-order valence-electron chi connectivity index (χ0n) is 12.4. The van der Waals surface area contributed by atoms with Crippen molar-refractivity contribution >= 4 is 16.8 Å². The molecule has 2 heterocycles. The van der Waals surface area contributed by atoms with Gasteiger partial charge in [0, 0.05) is 30.3 Å². The number of aromatic amines is 1. The molecule has 1 aliphatic heterocycles. The topological polar surface area (TPSA) is 63.4 Å². The number of carbonyl (C=O) groups excluding carboxylic acids is 1. The highest BCUT2D eigenvalue weighted by molar-refractivity contribution is 5.97. The van der Waals surface area contributed by atoms with Crippen molar-refractivity contribution in [2.45, 2.75) is 25.0 Å². The average Bonchev–Trinajstić information content (AvgIpc) is 3.25. The lowest BCUT2D eigenvalue weighted by Gasteiger charge is -2.21. The van der Waals surface area contributed by atoms with E-state index in [4.69, 9.17) is 9.47 Å². The number of nitrogens with one attached hydrogen (secondary N) is 2. The van der Waals surface area contributed by atoms with E-state index in [2.05, 4.69) is 10.3 Å². The summed E-state index contributed by atoms with van der Waals surface area (Å²) < 4.78 is 11.4. The molecule has 5 heteroatoms. The summed E-state index contributed by atoms with van der Waals surface area (Å²) in [4.78, 5) is 15.4. The first-order valence-corrected chi connectivity index (χ1v) is 7.88. The van der Waals surface area contributed by atoms with Crippen molar-refractivity contribution in [2.24, 2.45) is 5.92 Å². The molecule has 1 aromatic heterocycles. The third kappa shape index (κ3) is 2.51. The summed E-state index contributed by atoms with van der Waals surface area (Å²) in [6.45, 7) is 2.05. The maximum Gasteiger partial charge on any atom is 0.267 e. The SMILES string of the molecule is O=C(NCC1CCC2(C1)OCCO2)c1cc2ccccc2[nH]1. The quantitative estimate of drug-likeness (QED) is 0.915. The third-order valence-corrected chi connectivity index (χ3v) is 4.67. The van der Waals surface area contributed by atoms with Gasteiger partial charge in [-0.05, 0) is 24.5 Å². The Kier molecular flexibility index (Phi) is 3.39. The molecule has 2 aromatic rings. The van der Waals surface area contributed by atoms with Crippen molar-refractivity contribution < 1.29 is 14.3 Å². The number of aromatic nitrogens is 1. The fourth-order valence-electron chi connectivity index (χ4n) is 3.53. The Morgan fingerprint density at radius 1 is 1.32 bits per heavy atom. The van der Waals surface area contributed by atoms with E-state index in [1.807, 2.05) is 30.3 Å². The fourth-order valence-corrected chi connectivity index (χ4v) is 3.53. The standard InChI is InChI=1S/C17H20N2O3/c20-16(15-9-13-3-1-2-4-14(13)19-15)18-11-12-5-6-17(10-12)21-7-8-22-17/h1-4,9,12,19H,5-8,10-11H2,(H,18,20). The number of H-pyrrole nitrogens is 1. The largest absolute Gasteiger partial charge is 0.351 e. The van der Waals surface area contributed by atoms with Crippen LogP contribution in [0.25, 0.3) is 10.9 Å². The molecule has 22 heavy (non-hydrogen) atoms. The molecule has 2 aliphatic rings. The molecule has 1 aromatic carbocycles. The fraction of sp³-hybridized carbons (Fsp3) is 0.471. The number of hydrogen-bond donors (Lipinski definition) is 2. The molecule has 1 saturated carbocycles. The van der Waals surface area contributed by atoms with Gasteiger partial charge < -0.3 is 19.8 Å². The second kappa shape index (κ2) is 5.41. The zero-order valence-corrected chi connectivity index (χ0v) is 12.4.